The Balaban J connectivity index is 2.06. The molecule has 0 radical (unpaired) electrons. The summed E-state index contributed by atoms with van der Waals surface area (Å²) in [4.78, 5) is 11.5. The van der Waals surface area contributed by atoms with Crippen LogP contribution in [-0.2, 0) is 14.3 Å². The second kappa shape index (κ2) is 10.2. The fourth-order valence-electron chi connectivity index (χ4n) is 2.36. The molecule has 0 spiro atoms. The van der Waals surface area contributed by atoms with Crippen LogP contribution in [0, 0.1) is 0 Å². The fraction of sp³-hybridized carbons (Fsp3) is 0.929. The van der Waals surface area contributed by atoms with Crippen molar-refractivity contribution in [1.29, 1.82) is 0 Å². The topological polar surface area (TPSA) is 59.6 Å². The van der Waals surface area contributed by atoms with Crippen molar-refractivity contribution in [2.75, 3.05) is 33.4 Å². The van der Waals surface area contributed by atoms with Crippen molar-refractivity contribution < 1.29 is 14.3 Å². The van der Waals surface area contributed by atoms with E-state index in [1.54, 1.807) is 7.11 Å². The van der Waals surface area contributed by atoms with E-state index < -0.39 is 0 Å². The average Bonchev–Trinajstić information content (AvgIpc) is 2.40. The molecule has 5 heteroatoms. The maximum atomic E-state index is 11.5. The van der Waals surface area contributed by atoms with Crippen LogP contribution in [0.3, 0.4) is 0 Å². The molecule has 19 heavy (non-hydrogen) atoms. The van der Waals surface area contributed by atoms with Gasteiger partial charge in [0.1, 0.15) is 0 Å². The standard InChI is InChI=1S/C14H28N2O3/c1-3-4-13-11-12(6-9-19-13)15-7-5-14(17)16-8-10-18-2/h12-13,15H,3-11H2,1-2H3,(H,16,17). The summed E-state index contributed by atoms with van der Waals surface area (Å²) in [7, 11) is 1.63. The number of carbonyl (C=O) groups is 1. The Morgan fingerprint density at radius 1 is 1.42 bits per heavy atom. The van der Waals surface area contributed by atoms with Crippen LogP contribution >= 0.6 is 0 Å². The first kappa shape index (κ1) is 16.4. The van der Waals surface area contributed by atoms with E-state index in [4.69, 9.17) is 9.47 Å². The van der Waals surface area contributed by atoms with Gasteiger partial charge in [0.05, 0.1) is 12.7 Å². The monoisotopic (exact) mass is 272 g/mol. The molecule has 2 N–H and O–H groups in total. The summed E-state index contributed by atoms with van der Waals surface area (Å²) in [5.74, 6) is 0.0849. The van der Waals surface area contributed by atoms with Crippen molar-refractivity contribution in [3.05, 3.63) is 0 Å². The normalized spacial score (nSPS) is 23.3. The molecule has 1 heterocycles. The Bertz CT molecular complexity index is 247. The third-order valence-corrected chi connectivity index (χ3v) is 3.39. The van der Waals surface area contributed by atoms with Gasteiger partial charge in [-0.2, -0.15) is 0 Å². The summed E-state index contributed by atoms with van der Waals surface area (Å²) in [5, 5.41) is 6.28. The van der Waals surface area contributed by atoms with E-state index in [2.05, 4.69) is 17.6 Å². The zero-order chi connectivity index (χ0) is 13.9. The van der Waals surface area contributed by atoms with Gasteiger partial charge in [-0.15, -0.1) is 0 Å². The minimum absolute atomic E-state index is 0.0849. The second-order valence-corrected chi connectivity index (χ2v) is 5.05. The maximum Gasteiger partial charge on any atom is 0.221 e. The van der Waals surface area contributed by atoms with Gasteiger partial charge >= 0.3 is 0 Å². The molecule has 2 atom stereocenters. The predicted octanol–water partition coefficient (Wildman–Crippen LogP) is 1.08. The van der Waals surface area contributed by atoms with Gasteiger partial charge in [0.15, 0.2) is 0 Å². The SMILES string of the molecule is CCCC1CC(NCCC(=O)NCCOC)CCO1. The third kappa shape index (κ3) is 7.50. The van der Waals surface area contributed by atoms with Gasteiger partial charge in [-0.25, -0.2) is 0 Å². The lowest BCUT2D eigenvalue weighted by molar-refractivity contribution is -0.121. The van der Waals surface area contributed by atoms with E-state index in [0.717, 1.165) is 32.4 Å². The van der Waals surface area contributed by atoms with E-state index in [1.807, 2.05) is 0 Å². The van der Waals surface area contributed by atoms with Gasteiger partial charge in [0.2, 0.25) is 5.91 Å². The quantitative estimate of drug-likeness (QED) is 0.617. The van der Waals surface area contributed by atoms with Crippen molar-refractivity contribution in [2.45, 2.75) is 51.2 Å². The van der Waals surface area contributed by atoms with Gasteiger partial charge in [-0.3, -0.25) is 4.79 Å². The van der Waals surface area contributed by atoms with Crippen molar-refractivity contribution in [3.8, 4) is 0 Å². The minimum Gasteiger partial charge on any atom is -0.383 e. The zero-order valence-electron chi connectivity index (χ0n) is 12.2. The van der Waals surface area contributed by atoms with E-state index in [1.165, 1.54) is 6.42 Å². The molecule has 1 fully saturated rings. The molecule has 0 aliphatic carbocycles. The van der Waals surface area contributed by atoms with E-state index in [9.17, 15) is 4.79 Å². The van der Waals surface area contributed by atoms with Crippen molar-refractivity contribution in [2.24, 2.45) is 0 Å². The zero-order valence-corrected chi connectivity index (χ0v) is 12.2. The molecule has 2 unspecified atom stereocenters. The van der Waals surface area contributed by atoms with Gasteiger partial charge in [0, 0.05) is 39.3 Å². The molecule has 1 aliphatic rings. The number of carbonyl (C=O) groups excluding carboxylic acids is 1. The van der Waals surface area contributed by atoms with Crippen LogP contribution < -0.4 is 10.6 Å². The Labute approximate surface area is 116 Å². The molecule has 1 aliphatic heterocycles. The van der Waals surface area contributed by atoms with Gasteiger partial charge in [0.25, 0.3) is 0 Å². The lowest BCUT2D eigenvalue weighted by atomic mass is 10.00. The smallest absolute Gasteiger partial charge is 0.221 e. The number of nitrogens with one attached hydrogen (secondary N) is 2. The molecular weight excluding hydrogens is 244 g/mol. The Hall–Kier alpha value is -0.650. The van der Waals surface area contributed by atoms with Gasteiger partial charge in [-0.05, 0) is 19.3 Å². The molecule has 0 bridgehead atoms. The summed E-state index contributed by atoms with van der Waals surface area (Å²) < 4.78 is 10.6. The number of hydrogen-bond donors (Lipinski definition) is 2. The molecular formula is C14H28N2O3. The number of hydrogen-bond acceptors (Lipinski definition) is 4. The predicted molar refractivity (Wildman–Crippen MR) is 75.2 cm³/mol. The number of ether oxygens (including phenoxy) is 2. The minimum atomic E-state index is 0.0849. The van der Waals surface area contributed by atoms with Crippen LogP contribution in [-0.4, -0.2) is 51.5 Å². The van der Waals surface area contributed by atoms with E-state index in [-0.39, 0.29) is 5.91 Å². The summed E-state index contributed by atoms with van der Waals surface area (Å²) in [5.41, 5.74) is 0. The molecule has 0 aromatic heterocycles. The van der Waals surface area contributed by atoms with E-state index in [0.29, 0.717) is 31.7 Å². The first-order valence-electron chi connectivity index (χ1n) is 7.36. The van der Waals surface area contributed by atoms with Crippen LogP contribution in [0.2, 0.25) is 0 Å². The molecule has 1 saturated heterocycles. The maximum absolute atomic E-state index is 11.5. The molecule has 0 aromatic rings. The van der Waals surface area contributed by atoms with Crippen LogP contribution in [0.25, 0.3) is 0 Å². The largest absolute Gasteiger partial charge is 0.383 e. The van der Waals surface area contributed by atoms with E-state index >= 15 is 0 Å². The lowest BCUT2D eigenvalue weighted by Gasteiger charge is -2.30. The fourth-order valence-corrected chi connectivity index (χ4v) is 2.36. The number of amides is 1. The van der Waals surface area contributed by atoms with Gasteiger partial charge in [-0.1, -0.05) is 13.3 Å². The third-order valence-electron chi connectivity index (χ3n) is 3.39. The molecule has 112 valence electrons. The Morgan fingerprint density at radius 2 is 2.26 bits per heavy atom. The molecule has 1 amide bonds. The van der Waals surface area contributed by atoms with Crippen LogP contribution in [0.4, 0.5) is 0 Å². The summed E-state index contributed by atoms with van der Waals surface area (Å²) >= 11 is 0. The molecule has 1 rings (SSSR count). The highest BCUT2D eigenvalue weighted by Crippen LogP contribution is 2.17. The number of rotatable bonds is 9. The summed E-state index contributed by atoms with van der Waals surface area (Å²) in [6.45, 7) is 4.92. The first-order chi connectivity index (χ1) is 9.26. The molecule has 0 aromatic carbocycles. The second-order valence-electron chi connectivity index (χ2n) is 5.05. The van der Waals surface area contributed by atoms with Crippen LogP contribution in [0.5, 0.6) is 0 Å². The number of methoxy groups -OCH3 is 1. The van der Waals surface area contributed by atoms with Crippen molar-refractivity contribution >= 4 is 5.91 Å². The first-order valence-corrected chi connectivity index (χ1v) is 7.36. The Kier molecular flexibility index (Phi) is 8.79. The lowest BCUT2D eigenvalue weighted by Crippen LogP contribution is -2.40. The highest BCUT2D eigenvalue weighted by molar-refractivity contribution is 5.76. The van der Waals surface area contributed by atoms with Gasteiger partial charge < -0.3 is 20.1 Å². The van der Waals surface area contributed by atoms with Crippen molar-refractivity contribution in [1.82, 2.24) is 10.6 Å². The highest BCUT2D eigenvalue weighted by Gasteiger charge is 2.21. The molecule has 5 nitrogen and oxygen atoms in total. The summed E-state index contributed by atoms with van der Waals surface area (Å²) in [6.07, 6.45) is 5.34. The summed E-state index contributed by atoms with van der Waals surface area (Å²) in [6, 6.07) is 0.497. The van der Waals surface area contributed by atoms with Crippen LogP contribution in [0.15, 0.2) is 0 Å². The highest BCUT2D eigenvalue weighted by atomic mass is 16.5. The van der Waals surface area contributed by atoms with Crippen molar-refractivity contribution in [3.63, 3.8) is 0 Å². The Morgan fingerprint density at radius 3 is 3.00 bits per heavy atom. The average molecular weight is 272 g/mol. The van der Waals surface area contributed by atoms with Crippen LogP contribution in [0.1, 0.15) is 39.0 Å². The molecule has 0 saturated carbocycles.